The Morgan fingerprint density at radius 2 is 1.74 bits per heavy atom. The summed E-state index contributed by atoms with van der Waals surface area (Å²) in [5.41, 5.74) is 1.83. The average molecular weight is 450 g/mol. The van der Waals surface area contributed by atoms with Crippen molar-refractivity contribution in [3.8, 4) is 11.5 Å². The van der Waals surface area contributed by atoms with Gasteiger partial charge in [-0.15, -0.1) is 0 Å². The maximum Gasteiger partial charge on any atom is 0.269 e. The molecule has 0 spiro atoms. The fourth-order valence-electron chi connectivity index (χ4n) is 3.16. The van der Waals surface area contributed by atoms with Crippen molar-refractivity contribution >= 4 is 17.3 Å². The predicted molar refractivity (Wildman–Crippen MR) is 124 cm³/mol. The second-order valence-electron chi connectivity index (χ2n) is 7.09. The summed E-state index contributed by atoms with van der Waals surface area (Å²) in [5, 5.41) is 14.8. The van der Waals surface area contributed by atoms with Crippen LogP contribution in [0.4, 0.5) is 5.69 Å². The van der Waals surface area contributed by atoms with Crippen LogP contribution in [0.2, 0.25) is 5.02 Å². The Labute approximate surface area is 189 Å². The van der Waals surface area contributed by atoms with Gasteiger partial charge in [0.25, 0.3) is 5.69 Å². The molecule has 2 aromatic carbocycles. The van der Waals surface area contributed by atoms with Crippen LogP contribution in [-0.4, -0.2) is 42.6 Å². The van der Waals surface area contributed by atoms with Gasteiger partial charge < -0.3 is 19.7 Å². The zero-order chi connectivity index (χ0) is 22.6. The van der Waals surface area contributed by atoms with E-state index < -0.39 is 4.92 Å². The van der Waals surface area contributed by atoms with Gasteiger partial charge in [-0.3, -0.25) is 10.1 Å². The molecule has 0 amide bonds. The summed E-state index contributed by atoms with van der Waals surface area (Å²) in [6.07, 6.45) is 1.08. The Morgan fingerprint density at radius 3 is 2.35 bits per heavy atom. The van der Waals surface area contributed by atoms with E-state index in [-0.39, 0.29) is 12.3 Å². The second kappa shape index (κ2) is 13.1. The van der Waals surface area contributed by atoms with Crippen LogP contribution in [0.25, 0.3) is 0 Å². The minimum absolute atomic E-state index is 0.0516. The first-order chi connectivity index (χ1) is 15.0. The van der Waals surface area contributed by atoms with E-state index in [1.807, 2.05) is 13.0 Å². The molecule has 7 nitrogen and oxygen atoms in total. The van der Waals surface area contributed by atoms with Crippen LogP contribution in [0.15, 0.2) is 36.4 Å². The first-order valence-corrected chi connectivity index (χ1v) is 11.1. The smallest absolute Gasteiger partial charge is 0.269 e. The van der Waals surface area contributed by atoms with E-state index in [1.165, 1.54) is 12.1 Å². The zero-order valence-electron chi connectivity index (χ0n) is 18.5. The van der Waals surface area contributed by atoms with E-state index in [2.05, 4.69) is 24.1 Å². The van der Waals surface area contributed by atoms with E-state index in [4.69, 9.17) is 21.1 Å². The van der Waals surface area contributed by atoms with Crippen LogP contribution in [0.1, 0.15) is 38.3 Å². The Morgan fingerprint density at radius 1 is 1.06 bits per heavy atom. The topological polar surface area (TPSA) is 76.9 Å². The highest BCUT2D eigenvalue weighted by Gasteiger charge is 2.12. The van der Waals surface area contributed by atoms with Gasteiger partial charge in [0.2, 0.25) is 0 Å². The lowest BCUT2D eigenvalue weighted by Gasteiger charge is -2.18. The summed E-state index contributed by atoms with van der Waals surface area (Å²) in [6, 6.07) is 9.96. The fourth-order valence-corrected chi connectivity index (χ4v) is 3.38. The zero-order valence-corrected chi connectivity index (χ0v) is 19.3. The molecule has 1 N–H and O–H groups in total. The minimum Gasteiger partial charge on any atom is -0.490 e. The van der Waals surface area contributed by atoms with E-state index >= 15 is 0 Å². The number of ether oxygens (including phenoxy) is 2. The van der Waals surface area contributed by atoms with Crippen LogP contribution in [0.3, 0.4) is 0 Å². The summed E-state index contributed by atoms with van der Waals surface area (Å²) in [5.74, 6) is 1.18. The van der Waals surface area contributed by atoms with Gasteiger partial charge in [0.05, 0.1) is 11.5 Å². The third-order valence-corrected chi connectivity index (χ3v) is 5.34. The summed E-state index contributed by atoms with van der Waals surface area (Å²) in [4.78, 5) is 12.8. The molecule has 0 saturated carbocycles. The van der Waals surface area contributed by atoms with Crippen molar-refractivity contribution in [1.82, 2.24) is 10.2 Å². The van der Waals surface area contributed by atoms with Gasteiger partial charge in [-0.05, 0) is 68.8 Å². The van der Waals surface area contributed by atoms with Gasteiger partial charge in [-0.25, -0.2) is 0 Å². The van der Waals surface area contributed by atoms with Gasteiger partial charge in [-0.1, -0.05) is 25.4 Å². The van der Waals surface area contributed by atoms with Crippen LogP contribution in [0, 0.1) is 10.1 Å². The molecule has 0 fully saturated rings. The molecule has 0 bridgehead atoms. The Balaban J connectivity index is 1.96. The highest BCUT2D eigenvalue weighted by molar-refractivity contribution is 6.31. The first-order valence-electron chi connectivity index (χ1n) is 10.7. The van der Waals surface area contributed by atoms with Crippen molar-refractivity contribution in [1.29, 1.82) is 0 Å². The predicted octanol–water partition coefficient (Wildman–Crippen LogP) is 5.05. The number of nitrogens with one attached hydrogen (secondary N) is 1. The quantitative estimate of drug-likeness (QED) is 0.247. The van der Waals surface area contributed by atoms with Gasteiger partial charge >= 0.3 is 0 Å². The van der Waals surface area contributed by atoms with Crippen LogP contribution in [-0.2, 0) is 13.2 Å². The molecule has 2 rings (SSSR count). The summed E-state index contributed by atoms with van der Waals surface area (Å²) < 4.78 is 11.7. The number of nitro benzene ring substituents is 1. The molecule has 0 aliphatic heterocycles. The first kappa shape index (κ1) is 24.9. The standard InChI is InChI=1S/C23H32ClN3O4/c1-4-26(5-2)13-7-12-25-16-19-14-22(30-6-3)23(15-21(19)24)31-17-18-8-10-20(11-9-18)27(28)29/h8-11,14-15,25H,4-7,12-13,16-17H2,1-3H3. The number of non-ortho nitro benzene ring substituents is 1. The lowest BCUT2D eigenvalue weighted by molar-refractivity contribution is -0.384. The van der Waals surface area contributed by atoms with Gasteiger partial charge in [0.15, 0.2) is 11.5 Å². The Kier molecular flexibility index (Phi) is 10.6. The summed E-state index contributed by atoms with van der Waals surface area (Å²) >= 11 is 6.49. The van der Waals surface area contributed by atoms with Crippen molar-refractivity contribution in [2.24, 2.45) is 0 Å². The van der Waals surface area contributed by atoms with Crippen LogP contribution < -0.4 is 14.8 Å². The fraction of sp³-hybridized carbons (Fsp3) is 0.478. The van der Waals surface area contributed by atoms with E-state index in [0.29, 0.717) is 29.7 Å². The monoisotopic (exact) mass is 449 g/mol. The lowest BCUT2D eigenvalue weighted by atomic mass is 10.2. The highest BCUT2D eigenvalue weighted by Crippen LogP contribution is 2.34. The van der Waals surface area contributed by atoms with Crippen molar-refractivity contribution < 1.29 is 14.4 Å². The van der Waals surface area contributed by atoms with E-state index in [9.17, 15) is 10.1 Å². The van der Waals surface area contributed by atoms with Crippen molar-refractivity contribution in [3.05, 3.63) is 62.7 Å². The normalized spacial score (nSPS) is 11.0. The molecule has 0 saturated heterocycles. The Bertz CT molecular complexity index is 826. The van der Waals surface area contributed by atoms with Gasteiger partial charge in [0, 0.05) is 29.8 Å². The maximum absolute atomic E-state index is 10.8. The van der Waals surface area contributed by atoms with Crippen molar-refractivity contribution in [2.75, 3.05) is 32.8 Å². The molecular formula is C23H32ClN3O4. The molecule has 0 aromatic heterocycles. The molecule has 0 unspecified atom stereocenters. The molecule has 0 aliphatic carbocycles. The van der Waals surface area contributed by atoms with Gasteiger partial charge in [-0.2, -0.15) is 0 Å². The number of hydrogen-bond acceptors (Lipinski definition) is 6. The SMILES string of the molecule is CCOc1cc(CNCCCN(CC)CC)c(Cl)cc1OCc1ccc([N+](=O)[O-])cc1. The number of hydrogen-bond donors (Lipinski definition) is 1. The number of nitrogens with zero attached hydrogens (tertiary/aromatic N) is 2. The molecule has 8 heteroatoms. The summed E-state index contributed by atoms with van der Waals surface area (Å²) in [6.45, 7) is 11.8. The number of nitro groups is 1. The van der Waals surface area contributed by atoms with Crippen LogP contribution >= 0.6 is 11.6 Å². The number of benzene rings is 2. The minimum atomic E-state index is -0.423. The highest BCUT2D eigenvalue weighted by atomic mass is 35.5. The maximum atomic E-state index is 10.8. The second-order valence-corrected chi connectivity index (χ2v) is 7.50. The largest absolute Gasteiger partial charge is 0.490 e. The molecule has 0 atom stereocenters. The van der Waals surface area contributed by atoms with E-state index in [0.717, 1.165) is 43.7 Å². The van der Waals surface area contributed by atoms with E-state index in [1.54, 1.807) is 18.2 Å². The molecule has 0 heterocycles. The third kappa shape index (κ3) is 8.01. The third-order valence-electron chi connectivity index (χ3n) is 4.99. The molecular weight excluding hydrogens is 418 g/mol. The molecule has 31 heavy (non-hydrogen) atoms. The number of halogens is 1. The molecule has 170 valence electrons. The van der Waals surface area contributed by atoms with Crippen molar-refractivity contribution in [3.63, 3.8) is 0 Å². The summed E-state index contributed by atoms with van der Waals surface area (Å²) in [7, 11) is 0. The average Bonchev–Trinajstić information content (AvgIpc) is 2.77. The lowest BCUT2D eigenvalue weighted by Crippen LogP contribution is -2.27. The Hall–Kier alpha value is -2.35. The van der Waals surface area contributed by atoms with Crippen molar-refractivity contribution in [2.45, 2.75) is 40.3 Å². The number of rotatable bonds is 14. The molecule has 0 radical (unpaired) electrons. The van der Waals surface area contributed by atoms with Gasteiger partial charge in [0.1, 0.15) is 6.61 Å². The molecule has 2 aromatic rings. The molecule has 0 aliphatic rings. The van der Waals surface area contributed by atoms with Crippen LogP contribution in [0.5, 0.6) is 11.5 Å².